The minimum atomic E-state index is -0.0919. The van der Waals surface area contributed by atoms with Crippen molar-refractivity contribution in [2.75, 3.05) is 5.32 Å². The predicted molar refractivity (Wildman–Crippen MR) is 77.1 cm³/mol. The van der Waals surface area contributed by atoms with Gasteiger partial charge < -0.3 is 16.8 Å². The fourth-order valence-electron chi connectivity index (χ4n) is 0.763. The van der Waals surface area contributed by atoms with Gasteiger partial charge in [-0.05, 0) is 6.92 Å². The van der Waals surface area contributed by atoms with Gasteiger partial charge in [0.2, 0.25) is 0 Å². The smallest absolute Gasteiger partial charge is 0.192 e. The first-order valence-corrected chi connectivity index (χ1v) is 5.93. The summed E-state index contributed by atoms with van der Waals surface area (Å²) in [5.74, 6) is 0.694. The van der Waals surface area contributed by atoms with E-state index in [9.17, 15) is 0 Å². The van der Waals surface area contributed by atoms with Crippen molar-refractivity contribution in [1.29, 1.82) is 5.41 Å². The van der Waals surface area contributed by atoms with Gasteiger partial charge in [0.15, 0.2) is 11.1 Å². The highest BCUT2D eigenvalue weighted by Gasteiger charge is 2.03. The van der Waals surface area contributed by atoms with Crippen LogP contribution in [0.5, 0.6) is 0 Å². The number of aromatic nitrogens is 1. The van der Waals surface area contributed by atoms with Gasteiger partial charge in [-0.3, -0.25) is 5.41 Å². The minimum Gasteiger partial charge on any atom is -0.370 e. The van der Waals surface area contributed by atoms with Crippen molar-refractivity contribution in [3.63, 3.8) is 0 Å². The van der Waals surface area contributed by atoms with Crippen LogP contribution in [0.3, 0.4) is 0 Å². The van der Waals surface area contributed by atoms with Crippen LogP contribution in [0.2, 0.25) is 0 Å². The maximum Gasteiger partial charge on any atom is 0.192 e. The molecular weight excluding hydrogens is 289 g/mol. The van der Waals surface area contributed by atoms with Crippen molar-refractivity contribution in [2.45, 2.75) is 18.1 Å². The molecule has 0 amide bonds. The topological polar surface area (TPSA) is 101 Å². The van der Waals surface area contributed by atoms with E-state index in [1.165, 1.54) is 11.3 Å². The monoisotopic (exact) mass is 303 g/mol. The van der Waals surface area contributed by atoms with E-state index in [0.717, 1.165) is 11.4 Å². The minimum absolute atomic E-state index is 0. The summed E-state index contributed by atoms with van der Waals surface area (Å²) in [7, 11) is 0. The molecule has 0 bridgehead atoms. The lowest BCUT2D eigenvalue weighted by atomic mass is 10.6. The van der Waals surface area contributed by atoms with Crippen LogP contribution in [0, 0.1) is 5.41 Å². The van der Waals surface area contributed by atoms with Crippen LogP contribution < -0.4 is 16.8 Å². The second kappa shape index (κ2) is 8.89. The molecule has 0 aliphatic rings. The Hall–Kier alpha value is -0.210. The van der Waals surface area contributed by atoms with Crippen LogP contribution >= 0.6 is 47.9 Å². The third kappa shape index (κ3) is 7.13. The number of rotatable bonds is 4. The molecular formula is C7H15Cl2N5S2. The molecule has 0 spiro atoms. The Bertz CT molecular complexity index is 317. The number of nitrogens with zero attached hydrogens (tertiary/aromatic N) is 1. The van der Waals surface area contributed by atoms with E-state index in [4.69, 9.17) is 16.9 Å². The first-order valence-electron chi connectivity index (χ1n) is 4.00. The standard InChI is InChI=1S/C7H13N5S2.2ClH/c1-4(8)13-2-5-3-14-7(11-5)12-6(9)10;;/h3-4H,2,8H2,1H3,(H4,9,10,11,12);2*1H. The highest BCUT2D eigenvalue weighted by molar-refractivity contribution is 7.99. The van der Waals surface area contributed by atoms with Crippen molar-refractivity contribution in [2.24, 2.45) is 11.5 Å². The summed E-state index contributed by atoms with van der Waals surface area (Å²) in [5.41, 5.74) is 11.7. The van der Waals surface area contributed by atoms with Gasteiger partial charge in [-0.2, -0.15) is 0 Å². The summed E-state index contributed by atoms with van der Waals surface area (Å²) in [5, 5.41) is 12.4. The van der Waals surface area contributed by atoms with Gasteiger partial charge in [0.05, 0.1) is 5.69 Å². The van der Waals surface area contributed by atoms with Crippen LogP contribution in [0.15, 0.2) is 5.38 Å². The molecule has 1 unspecified atom stereocenters. The Labute approximate surface area is 115 Å². The molecule has 1 atom stereocenters. The van der Waals surface area contributed by atoms with Crippen LogP contribution in [0.4, 0.5) is 5.13 Å². The summed E-state index contributed by atoms with van der Waals surface area (Å²) >= 11 is 3.06. The molecule has 0 saturated carbocycles. The molecule has 6 N–H and O–H groups in total. The molecule has 1 heterocycles. The van der Waals surface area contributed by atoms with Gasteiger partial charge >= 0.3 is 0 Å². The molecule has 1 aromatic heterocycles. The van der Waals surface area contributed by atoms with Gasteiger partial charge in [0.25, 0.3) is 0 Å². The van der Waals surface area contributed by atoms with E-state index in [2.05, 4.69) is 10.3 Å². The molecule has 9 heteroatoms. The van der Waals surface area contributed by atoms with Gasteiger partial charge in [-0.1, -0.05) is 0 Å². The summed E-state index contributed by atoms with van der Waals surface area (Å²) in [6.07, 6.45) is 0. The lowest BCUT2D eigenvalue weighted by Crippen LogP contribution is -2.20. The maximum absolute atomic E-state index is 7.02. The second-order valence-corrected chi connectivity index (χ2v) is 4.92. The van der Waals surface area contributed by atoms with Gasteiger partial charge in [-0.25, -0.2) is 4.98 Å². The fraction of sp³-hybridized carbons (Fsp3) is 0.429. The highest BCUT2D eigenvalue weighted by atomic mass is 35.5. The predicted octanol–water partition coefficient (Wildman–Crippen LogP) is 1.83. The Morgan fingerprint density at radius 1 is 1.69 bits per heavy atom. The van der Waals surface area contributed by atoms with Crippen LogP contribution in [-0.2, 0) is 5.75 Å². The van der Waals surface area contributed by atoms with E-state index >= 15 is 0 Å². The Morgan fingerprint density at radius 2 is 2.31 bits per heavy atom. The van der Waals surface area contributed by atoms with E-state index in [1.54, 1.807) is 11.8 Å². The average molecular weight is 304 g/mol. The summed E-state index contributed by atoms with van der Waals surface area (Å²) in [6, 6.07) is 0. The molecule has 0 aromatic carbocycles. The van der Waals surface area contributed by atoms with Crippen molar-refractivity contribution >= 4 is 59.0 Å². The van der Waals surface area contributed by atoms with Crippen LogP contribution in [0.1, 0.15) is 12.6 Å². The van der Waals surface area contributed by atoms with Crippen molar-refractivity contribution in [1.82, 2.24) is 4.98 Å². The Kier molecular flexibility index (Phi) is 10.1. The average Bonchev–Trinajstić information content (AvgIpc) is 2.47. The molecule has 16 heavy (non-hydrogen) atoms. The number of halogens is 2. The second-order valence-electron chi connectivity index (χ2n) is 2.70. The van der Waals surface area contributed by atoms with E-state index in [1.807, 2.05) is 12.3 Å². The number of hydrogen-bond donors (Lipinski definition) is 4. The summed E-state index contributed by atoms with van der Waals surface area (Å²) < 4.78 is 0. The Morgan fingerprint density at radius 3 is 2.81 bits per heavy atom. The van der Waals surface area contributed by atoms with Crippen molar-refractivity contribution in [3.8, 4) is 0 Å². The molecule has 5 nitrogen and oxygen atoms in total. The molecule has 0 aliphatic carbocycles. The summed E-state index contributed by atoms with van der Waals surface area (Å²) in [4.78, 5) is 4.23. The van der Waals surface area contributed by atoms with E-state index in [-0.39, 0.29) is 36.1 Å². The highest BCUT2D eigenvalue weighted by Crippen LogP contribution is 2.20. The molecule has 0 aliphatic heterocycles. The van der Waals surface area contributed by atoms with Gasteiger partial charge in [0, 0.05) is 16.5 Å². The lowest BCUT2D eigenvalue weighted by Gasteiger charge is -2.01. The first-order chi connectivity index (χ1) is 6.58. The summed E-state index contributed by atoms with van der Waals surface area (Å²) in [6.45, 7) is 1.94. The maximum atomic E-state index is 7.02. The van der Waals surface area contributed by atoms with E-state index in [0.29, 0.717) is 5.13 Å². The van der Waals surface area contributed by atoms with Crippen molar-refractivity contribution < 1.29 is 0 Å². The SMILES string of the molecule is CC(N)SCc1csc(NC(=N)N)n1.Cl.Cl. The number of thiazole rings is 1. The quantitative estimate of drug-likeness (QED) is 0.386. The zero-order valence-corrected chi connectivity index (χ0v) is 11.9. The number of thioether (sulfide) groups is 1. The molecule has 1 rings (SSSR count). The van der Waals surface area contributed by atoms with Gasteiger partial charge in [-0.15, -0.1) is 47.9 Å². The third-order valence-corrected chi connectivity index (χ3v) is 3.08. The number of guanidine groups is 1. The molecule has 0 fully saturated rings. The van der Waals surface area contributed by atoms with Crippen LogP contribution in [0.25, 0.3) is 0 Å². The first kappa shape index (κ1) is 18.2. The molecule has 1 aromatic rings. The van der Waals surface area contributed by atoms with Crippen LogP contribution in [-0.4, -0.2) is 16.3 Å². The number of nitrogens with one attached hydrogen (secondary N) is 2. The number of hydrogen-bond acceptors (Lipinski definition) is 5. The number of anilines is 1. The largest absolute Gasteiger partial charge is 0.370 e. The van der Waals surface area contributed by atoms with Crippen molar-refractivity contribution in [3.05, 3.63) is 11.1 Å². The zero-order chi connectivity index (χ0) is 10.6. The molecule has 94 valence electrons. The lowest BCUT2D eigenvalue weighted by molar-refractivity contribution is 1.04. The molecule has 0 radical (unpaired) electrons. The number of nitrogens with two attached hydrogens (primary N) is 2. The zero-order valence-electron chi connectivity index (χ0n) is 8.60. The van der Waals surface area contributed by atoms with E-state index < -0.39 is 0 Å². The normalized spacial score (nSPS) is 10.9. The Balaban J connectivity index is 0. The molecule has 0 saturated heterocycles. The fourth-order valence-corrected chi connectivity index (χ4v) is 2.17. The van der Waals surface area contributed by atoms with Gasteiger partial charge in [0.1, 0.15) is 0 Å². The third-order valence-electron chi connectivity index (χ3n) is 1.29.